The van der Waals surface area contributed by atoms with Crippen LogP contribution in [0.2, 0.25) is 0 Å². The summed E-state index contributed by atoms with van der Waals surface area (Å²) >= 11 is 5.78. The van der Waals surface area contributed by atoms with Crippen LogP contribution in [-0.2, 0) is 6.54 Å². The zero-order valence-corrected chi connectivity index (χ0v) is 10.4. The molecule has 0 bridgehead atoms. The van der Waals surface area contributed by atoms with Gasteiger partial charge in [-0.1, -0.05) is 12.5 Å². The van der Waals surface area contributed by atoms with E-state index in [-0.39, 0.29) is 0 Å². The Morgan fingerprint density at radius 2 is 2.31 bits per heavy atom. The van der Waals surface area contributed by atoms with Crippen molar-refractivity contribution in [1.82, 2.24) is 9.88 Å². The maximum absolute atomic E-state index is 5.78. The van der Waals surface area contributed by atoms with E-state index in [1.165, 1.54) is 24.8 Å². The fourth-order valence-electron chi connectivity index (χ4n) is 2.13. The summed E-state index contributed by atoms with van der Waals surface area (Å²) in [7, 11) is 0. The maximum atomic E-state index is 5.78. The van der Waals surface area contributed by atoms with E-state index >= 15 is 0 Å². The molecule has 1 aliphatic carbocycles. The van der Waals surface area contributed by atoms with E-state index in [0.717, 1.165) is 31.4 Å². The van der Waals surface area contributed by atoms with Gasteiger partial charge < -0.3 is 0 Å². The van der Waals surface area contributed by atoms with Crippen molar-refractivity contribution in [3.63, 3.8) is 0 Å². The SMILES string of the molecule is ClCCCN(Cc1cccnc1)C1CCC1. The lowest BCUT2D eigenvalue weighted by Gasteiger charge is -2.37. The third-order valence-electron chi connectivity index (χ3n) is 3.28. The predicted octanol–water partition coefficient (Wildman–Crippen LogP) is 3.07. The van der Waals surface area contributed by atoms with Crippen molar-refractivity contribution in [3.8, 4) is 0 Å². The molecule has 2 nitrogen and oxygen atoms in total. The lowest BCUT2D eigenvalue weighted by atomic mass is 9.91. The van der Waals surface area contributed by atoms with Crippen LogP contribution < -0.4 is 0 Å². The Kier molecular flexibility index (Phi) is 4.61. The molecule has 0 aliphatic heterocycles. The third kappa shape index (κ3) is 3.19. The molecule has 0 aromatic carbocycles. The van der Waals surface area contributed by atoms with Gasteiger partial charge in [-0.2, -0.15) is 0 Å². The molecular weight excluding hydrogens is 220 g/mol. The second-order valence-electron chi connectivity index (χ2n) is 4.46. The van der Waals surface area contributed by atoms with E-state index in [1.54, 1.807) is 0 Å². The Morgan fingerprint density at radius 1 is 1.44 bits per heavy atom. The molecule has 1 aliphatic rings. The summed E-state index contributed by atoms with van der Waals surface area (Å²) < 4.78 is 0. The highest BCUT2D eigenvalue weighted by Crippen LogP contribution is 2.26. The van der Waals surface area contributed by atoms with Crippen molar-refractivity contribution in [2.75, 3.05) is 12.4 Å². The van der Waals surface area contributed by atoms with Crippen molar-refractivity contribution >= 4 is 11.6 Å². The van der Waals surface area contributed by atoms with Crippen LogP contribution in [0.1, 0.15) is 31.2 Å². The Morgan fingerprint density at radius 3 is 2.88 bits per heavy atom. The van der Waals surface area contributed by atoms with Crippen LogP contribution in [0.3, 0.4) is 0 Å². The quantitative estimate of drug-likeness (QED) is 0.709. The van der Waals surface area contributed by atoms with Crippen LogP contribution in [0.5, 0.6) is 0 Å². The number of hydrogen-bond donors (Lipinski definition) is 0. The summed E-state index contributed by atoms with van der Waals surface area (Å²) in [4.78, 5) is 6.73. The second-order valence-corrected chi connectivity index (χ2v) is 4.84. The van der Waals surface area contributed by atoms with Gasteiger partial charge in [-0.25, -0.2) is 0 Å². The highest BCUT2D eigenvalue weighted by molar-refractivity contribution is 6.17. The second kappa shape index (κ2) is 6.21. The fraction of sp³-hybridized carbons (Fsp3) is 0.615. The molecule has 1 aromatic heterocycles. The van der Waals surface area contributed by atoms with Crippen LogP contribution in [0, 0.1) is 0 Å². The topological polar surface area (TPSA) is 16.1 Å². The predicted molar refractivity (Wildman–Crippen MR) is 67.6 cm³/mol. The summed E-state index contributed by atoms with van der Waals surface area (Å²) in [5.41, 5.74) is 1.31. The van der Waals surface area contributed by atoms with E-state index < -0.39 is 0 Å². The molecule has 88 valence electrons. The summed E-state index contributed by atoms with van der Waals surface area (Å²) in [6.45, 7) is 2.14. The van der Waals surface area contributed by atoms with Crippen LogP contribution in [-0.4, -0.2) is 28.4 Å². The van der Waals surface area contributed by atoms with Gasteiger partial charge >= 0.3 is 0 Å². The van der Waals surface area contributed by atoms with E-state index in [0.29, 0.717) is 0 Å². The minimum Gasteiger partial charge on any atom is -0.296 e. The monoisotopic (exact) mass is 238 g/mol. The first-order valence-corrected chi connectivity index (χ1v) is 6.62. The standard InChI is InChI=1S/C13H19ClN2/c14-7-3-9-16(13-5-1-6-13)11-12-4-2-8-15-10-12/h2,4,8,10,13H,1,3,5-7,9,11H2. The molecule has 0 atom stereocenters. The zero-order chi connectivity index (χ0) is 11.2. The summed E-state index contributed by atoms with van der Waals surface area (Å²) in [5.74, 6) is 0.760. The van der Waals surface area contributed by atoms with Crippen molar-refractivity contribution < 1.29 is 0 Å². The summed E-state index contributed by atoms with van der Waals surface area (Å²) in [6.07, 6.45) is 8.96. The molecule has 1 saturated carbocycles. The molecule has 0 N–H and O–H groups in total. The zero-order valence-electron chi connectivity index (χ0n) is 9.61. The molecule has 0 saturated heterocycles. The third-order valence-corrected chi connectivity index (χ3v) is 3.55. The Balaban J connectivity index is 1.90. The lowest BCUT2D eigenvalue weighted by molar-refractivity contribution is 0.120. The number of halogens is 1. The van der Waals surface area contributed by atoms with Crippen molar-refractivity contribution in [1.29, 1.82) is 0 Å². The number of rotatable bonds is 6. The molecule has 3 heteroatoms. The van der Waals surface area contributed by atoms with Gasteiger partial charge in [-0.05, 0) is 37.4 Å². The molecule has 16 heavy (non-hydrogen) atoms. The highest BCUT2D eigenvalue weighted by Gasteiger charge is 2.24. The molecule has 1 fully saturated rings. The van der Waals surface area contributed by atoms with Gasteiger partial charge in [0.15, 0.2) is 0 Å². The van der Waals surface area contributed by atoms with E-state index in [2.05, 4.69) is 16.0 Å². The molecule has 1 aromatic rings. The minimum atomic E-state index is 0.760. The highest BCUT2D eigenvalue weighted by atomic mass is 35.5. The van der Waals surface area contributed by atoms with Crippen molar-refractivity contribution in [3.05, 3.63) is 30.1 Å². The molecule has 2 rings (SSSR count). The summed E-state index contributed by atoms with van der Waals surface area (Å²) in [6, 6.07) is 4.94. The number of nitrogens with zero attached hydrogens (tertiary/aromatic N) is 2. The number of hydrogen-bond acceptors (Lipinski definition) is 2. The van der Waals surface area contributed by atoms with Crippen LogP contribution in [0.25, 0.3) is 0 Å². The summed E-state index contributed by atoms with van der Waals surface area (Å²) in [5, 5.41) is 0. The van der Waals surface area contributed by atoms with E-state index in [4.69, 9.17) is 11.6 Å². The first kappa shape index (κ1) is 11.9. The molecule has 0 radical (unpaired) electrons. The van der Waals surface area contributed by atoms with Gasteiger partial charge in [0, 0.05) is 30.9 Å². The fourth-order valence-corrected chi connectivity index (χ4v) is 2.25. The number of alkyl halides is 1. The molecule has 0 amide bonds. The first-order valence-electron chi connectivity index (χ1n) is 6.09. The van der Waals surface area contributed by atoms with Gasteiger partial charge in [0.2, 0.25) is 0 Å². The average Bonchev–Trinajstić information content (AvgIpc) is 2.25. The average molecular weight is 239 g/mol. The normalized spacial score (nSPS) is 16.4. The smallest absolute Gasteiger partial charge is 0.0312 e. The number of pyridine rings is 1. The molecule has 0 spiro atoms. The van der Waals surface area contributed by atoms with Gasteiger partial charge in [0.1, 0.15) is 0 Å². The minimum absolute atomic E-state index is 0.760. The van der Waals surface area contributed by atoms with Crippen molar-refractivity contribution in [2.45, 2.75) is 38.3 Å². The Bertz CT molecular complexity index is 298. The lowest BCUT2D eigenvalue weighted by Crippen LogP contribution is -2.40. The van der Waals surface area contributed by atoms with Gasteiger partial charge in [0.05, 0.1) is 0 Å². The van der Waals surface area contributed by atoms with Crippen LogP contribution >= 0.6 is 11.6 Å². The van der Waals surface area contributed by atoms with Crippen molar-refractivity contribution in [2.24, 2.45) is 0 Å². The van der Waals surface area contributed by atoms with Crippen LogP contribution in [0.4, 0.5) is 0 Å². The maximum Gasteiger partial charge on any atom is 0.0312 e. The first-order chi connectivity index (χ1) is 7.90. The Labute approximate surface area is 103 Å². The van der Waals surface area contributed by atoms with Crippen LogP contribution in [0.15, 0.2) is 24.5 Å². The van der Waals surface area contributed by atoms with Gasteiger partial charge in [-0.15, -0.1) is 11.6 Å². The molecular formula is C13H19ClN2. The largest absolute Gasteiger partial charge is 0.296 e. The van der Waals surface area contributed by atoms with E-state index in [1.807, 2.05) is 18.5 Å². The van der Waals surface area contributed by atoms with E-state index in [9.17, 15) is 0 Å². The Hall–Kier alpha value is -0.600. The molecule has 1 heterocycles. The van der Waals surface area contributed by atoms with Gasteiger partial charge in [0.25, 0.3) is 0 Å². The number of aromatic nitrogens is 1. The molecule has 0 unspecified atom stereocenters. The van der Waals surface area contributed by atoms with Gasteiger partial charge in [-0.3, -0.25) is 9.88 Å².